The molecule has 18 heavy (non-hydrogen) atoms. The lowest BCUT2D eigenvalue weighted by atomic mass is 10.2. The van der Waals surface area contributed by atoms with Gasteiger partial charge in [-0.25, -0.2) is 4.39 Å². The van der Waals surface area contributed by atoms with Crippen LogP contribution < -0.4 is 0 Å². The fourth-order valence-electron chi connectivity index (χ4n) is 2.52. The van der Waals surface area contributed by atoms with E-state index in [1.165, 1.54) is 6.07 Å². The topological polar surface area (TPSA) is 26.7 Å². The van der Waals surface area contributed by atoms with Crippen LogP contribution in [0, 0.1) is 5.82 Å². The zero-order valence-corrected chi connectivity index (χ0v) is 10.8. The van der Waals surface area contributed by atoms with Crippen LogP contribution in [0.2, 0.25) is 0 Å². The summed E-state index contributed by atoms with van der Waals surface area (Å²) in [5, 5.41) is 8.93. The number of aliphatic hydroxyl groups excluding tert-OH is 1. The molecular weight excluding hydrogens is 231 g/mol. The highest BCUT2D eigenvalue weighted by Gasteiger charge is 2.25. The van der Waals surface area contributed by atoms with Crippen molar-refractivity contribution in [1.29, 1.82) is 0 Å². The van der Waals surface area contributed by atoms with E-state index in [1.54, 1.807) is 6.07 Å². The van der Waals surface area contributed by atoms with E-state index in [0.29, 0.717) is 19.1 Å². The van der Waals surface area contributed by atoms with E-state index in [-0.39, 0.29) is 12.4 Å². The molecule has 2 rings (SSSR count). The van der Waals surface area contributed by atoms with Gasteiger partial charge in [-0.3, -0.25) is 9.80 Å². The van der Waals surface area contributed by atoms with Gasteiger partial charge in [-0.05, 0) is 19.5 Å². The molecular formula is C14H21FN2O. The molecule has 3 nitrogen and oxygen atoms in total. The zero-order valence-electron chi connectivity index (χ0n) is 10.8. The third-order valence-electron chi connectivity index (χ3n) is 3.68. The smallest absolute Gasteiger partial charge is 0.127 e. The molecule has 1 saturated heterocycles. The summed E-state index contributed by atoms with van der Waals surface area (Å²) in [7, 11) is 2.04. The first-order chi connectivity index (χ1) is 8.70. The maximum atomic E-state index is 13.5. The number of likely N-dealkylation sites (N-methyl/N-ethyl adjacent to an activating group) is 1. The van der Waals surface area contributed by atoms with Crippen molar-refractivity contribution < 1.29 is 9.50 Å². The summed E-state index contributed by atoms with van der Waals surface area (Å²) in [6.07, 6.45) is 1.09. The Hall–Kier alpha value is -0.970. The van der Waals surface area contributed by atoms with Gasteiger partial charge in [0.1, 0.15) is 5.82 Å². The molecule has 1 aromatic rings. The lowest BCUT2D eigenvalue weighted by Gasteiger charge is -2.23. The molecule has 0 amide bonds. The number of halogens is 1. The number of likely N-dealkylation sites (tertiary alicyclic amines) is 1. The summed E-state index contributed by atoms with van der Waals surface area (Å²) in [6.45, 7) is 3.52. The van der Waals surface area contributed by atoms with E-state index in [0.717, 1.165) is 25.1 Å². The lowest BCUT2D eigenvalue weighted by molar-refractivity contribution is 0.177. The predicted octanol–water partition coefficient (Wildman–Crippen LogP) is 1.32. The fourth-order valence-corrected chi connectivity index (χ4v) is 2.52. The average molecular weight is 252 g/mol. The summed E-state index contributed by atoms with van der Waals surface area (Å²) in [4.78, 5) is 4.46. The quantitative estimate of drug-likeness (QED) is 0.856. The Labute approximate surface area is 108 Å². The first kappa shape index (κ1) is 13.5. The third kappa shape index (κ3) is 3.28. The van der Waals surface area contributed by atoms with Gasteiger partial charge >= 0.3 is 0 Å². The highest BCUT2D eigenvalue weighted by molar-refractivity contribution is 5.17. The molecule has 1 aliphatic heterocycles. The van der Waals surface area contributed by atoms with Crippen LogP contribution in [0.3, 0.4) is 0 Å². The molecule has 0 aliphatic carbocycles. The molecule has 0 spiro atoms. The van der Waals surface area contributed by atoms with Gasteiger partial charge in [0.15, 0.2) is 0 Å². The lowest BCUT2D eigenvalue weighted by Crippen LogP contribution is -2.36. The molecule has 1 unspecified atom stereocenters. The number of benzene rings is 1. The molecule has 1 N–H and O–H groups in total. The maximum Gasteiger partial charge on any atom is 0.127 e. The molecule has 100 valence electrons. The molecule has 1 aromatic carbocycles. The largest absolute Gasteiger partial charge is 0.395 e. The summed E-state index contributed by atoms with van der Waals surface area (Å²) >= 11 is 0. The second-order valence-electron chi connectivity index (χ2n) is 4.97. The monoisotopic (exact) mass is 252 g/mol. The summed E-state index contributed by atoms with van der Waals surface area (Å²) in [5.41, 5.74) is 0.767. The van der Waals surface area contributed by atoms with Gasteiger partial charge in [0, 0.05) is 37.8 Å². The molecule has 4 heteroatoms. The zero-order chi connectivity index (χ0) is 13.0. The second-order valence-corrected chi connectivity index (χ2v) is 4.97. The van der Waals surface area contributed by atoms with E-state index in [1.807, 2.05) is 19.2 Å². The molecule has 0 saturated carbocycles. The number of nitrogens with zero attached hydrogens (tertiary/aromatic N) is 2. The van der Waals surface area contributed by atoms with Crippen LogP contribution in [-0.2, 0) is 6.54 Å². The van der Waals surface area contributed by atoms with Crippen LogP contribution in [0.1, 0.15) is 12.0 Å². The van der Waals surface area contributed by atoms with Gasteiger partial charge in [0.25, 0.3) is 0 Å². The summed E-state index contributed by atoms with van der Waals surface area (Å²) in [6, 6.07) is 7.44. The molecule has 1 atom stereocenters. The minimum atomic E-state index is -0.121. The summed E-state index contributed by atoms with van der Waals surface area (Å²) in [5.74, 6) is -0.121. The average Bonchev–Trinajstić information content (AvgIpc) is 2.81. The van der Waals surface area contributed by atoms with Gasteiger partial charge in [-0.1, -0.05) is 18.2 Å². The summed E-state index contributed by atoms with van der Waals surface area (Å²) < 4.78 is 13.5. The van der Waals surface area contributed by atoms with Crippen molar-refractivity contribution in [3.05, 3.63) is 35.6 Å². The van der Waals surface area contributed by atoms with E-state index in [2.05, 4.69) is 9.80 Å². The maximum absolute atomic E-state index is 13.5. The predicted molar refractivity (Wildman–Crippen MR) is 69.8 cm³/mol. The Morgan fingerprint density at radius 2 is 2.22 bits per heavy atom. The highest BCUT2D eigenvalue weighted by atomic mass is 19.1. The van der Waals surface area contributed by atoms with Crippen molar-refractivity contribution in [3.63, 3.8) is 0 Å². The van der Waals surface area contributed by atoms with Gasteiger partial charge in [-0.2, -0.15) is 0 Å². The van der Waals surface area contributed by atoms with Crippen LogP contribution in [0.4, 0.5) is 4.39 Å². The van der Waals surface area contributed by atoms with Crippen LogP contribution in [0.15, 0.2) is 24.3 Å². The number of hydrogen-bond donors (Lipinski definition) is 1. The van der Waals surface area contributed by atoms with Gasteiger partial charge < -0.3 is 5.11 Å². The Bertz CT molecular complexity index is 386. The van der Waals surface area contributed by atoms with Crippen molar-refractivity contribution in [1.82, 2.24) is 9.80 Å². The van der Waals surface area contributed by atoms with E-state index in [9.17, 15) is 4.39 Å². The first-order valence-corrected chi connectivity index (χ1v) is 6.47. The molecule has 1 aliphatic rings. The van der Waals surface area contributed by atoms with Crippen LogP contribution in [0.5, 0.6) is 0 Å². The Morgan fingerprint density at radius 3 is 2.94 bits per heavy atom. The number of aliphatic hydroxyl groups is 1. The highest BCUT2D eigenvalue weighted by Crippen LogP contribution is 2.18. The van der Waals surface area contributed by atoms with Crippen molar-refractivity contribution >= 4 is 0 Å². The minimum Gasteiger partial charge on any atom is -0.395 e. The van der Waals surface area contributed by atoms with Crippen LogP contribution in [0.25, 0.3) is 0 Å². The van der Waals surface area contributed by atoms with Crippen molar-refractivity contribution in [2.75, 3.05) is 33.3 Å². The Kier molecular flexibility index (Phi) is 4.69. The van der Waals surface area contributed by atoms with Gasteiger partial charge in [0.2, 0.25) is 0 Å². The standard InChI is InChI=1S/C14H21FN2O/c1-16(8-9-18)13-6-7-17(11-13)10-12-4-2-3-5-14(12)15/h2-5,13,18H,6-11H2,1H3. The molecule has 1 fully saturated rings. The van der Waals surface area contributed by atoms with E-state index >= 15 is 0 Å². The Morgan fingerprint density at radius 1 is 1.44 bits per heavy atom. The molecule has 0 aromatic heterocycles. The molecule has 1 heterocycles. The molecule has 0 bridgehead atoms. The van der Waals surface area contributed by atoms with E-state index < -0.39 is 0 Å². The molecule has 0 radical (unpaired) electrons. The first-order valence-electron chi connectivity index (χ1n) is 6.47. The number of rotatable bonds is 5. The second kappa shape index (κ2) is 6.27. The Balaban J connectivity index is 1.88. The van der Waals surface area contributed by atoms with Crippen molar-refractivity contribution in [2.45, 2.75) is 19.0 Å². The van der Waals surface area contributed by atoms with Gasteiger partial charge in [0.05, 0.1) is 6.61 Å². The fraction of sp³-hybridized carbons (Fsp3) is 0.571. The van der Waals surface area contributed by atoms with Crippen molar-refractivity contribution in [2.24, 2.45) is 0 Å². The number of hydrogen-bond acceptors (Lipinski definition) is 3. The third-order valence-corrected chi connectivity index (χ3v) is 3.68. The normalized spacial score (nSPS) is 20.8. The SMILES string of the molecule is CN(CCO)C1CCN(Cc2ccccc2F)C1. The van der Waals surface area contributed by atoms with Crippen molar-refractivity contribution in [3.8, 4) is 0 Å². The van der Waals surface area contributed by atoms with E-state index in [4.69, 9.17) is 5.11 Å². The minimum absolute atomic E-state index is 0.121. The van der Waals surface area contributed by atoms with Crippen LogP contribution in [-0.4, -0.2) is 54.2 Å². The van der Waals surface area contributed by atoms with Gasteiger partial charge in [-0.15, -0.1) is 0 Å². The van der Waals surface area contributed by atoms with Crippen LogP contribution >= 0.6 is 0 Å².